The van der Waals surface area contributed by atoms with Gasteiger partial charge in [-0.2, -0.15) is 0 Å². The minimum atomic E-state index is 0. The average molecular weight is 848 g/mol. The van der Waals surface area contributed by atoms with Gasteiger partial charge in [0.05, 0.1) is 11.4 Å². The van der Waals surface area contributed by atoms with Crippen LogP contribution < -0.4 is 14.7 Å². The normalized spacial score (nSPS) is 10.9. The van der Waals surface area contributed by atoms with Crippen LogP contribution in [-0.2, 0) is 0 Å². The predicted molar refractivity (Wildman–Crippen MR) is 283 cm³/mol. The van der Waals surface area contributed by atoms with E-state index in [1.54, 1.807) is 0 Å². The molecule has 0 bridgehead atoms. The Morgan fingerprint density at radius 1 is 0.182 bits per heavy atom. The maximum absolute atomic E-state index is 2.35. The van der Waals surface area contributed by atoms with Gasteiger partial charge in [-0.15, -0.1) is 0 Å². The van der Waals surface area contributed by atoms with Crippen molar-refractivity contribution in [2.75, 3.05) is 14.7 Å². The van der Waals surface area contributed by atoms with Crippen LogP contribution >= 0.6 is 0 Å². The number of fused-ring (bicyclic) bond motifs is 2. The summed E-state index contributed by atoms with van der Waals surface area (Å²) in [5, 5.41) is 4.87. The highest BCUT2D eigenvalue weighted by molar-refractivity contribution is 6.00. The third-order valence-electron chi connectivity index (χ3n) is 12.2. The number of benzene rings is 11. The van der Waals surface area contributed by atoms with Gasteiger partial charge in [0.25, 0.3) is 0 Å². The van der Waals surface area contributed by atoms with E-state index in [2.05, 4.69) is 288 Å². The molecule has 0 N–H and O–H groups in total. The molecule has 0 radical (unpaired) electrons. The number of rotatable bonds is 11. The Morgan fingerprint density at radius 3 is 0.758 bits per heavy atom. The molecular weight excluding hydrogens is 799 g/mol. The molecule has 0 spiro atoms. The lowest BCUT2D eigenvalue weighted by Crippen LogP contribution is -2.10. The number of anilines is 9. The second kappa shape index (κ2) is 18.6. The monoisotopic (exact) mass is 847 g/mol. The molecule has 3 nitrogen and oxygen atoms in total. The third-order valence-corrected chi connectivity index (χ3v) is 12.2. The summed E-state index contributed by atoms with van der Waals surface area (Å²) >= 11 is 0. The van der Waals surface area contributed by atoms with Gasteiger partial charge >= 0.3 is 0 Å². The fourth-order valence-electron chi connectivity index (χ4n) is 9.05. The van der Waals surface area contributed by atoms with Crippen LogP contribution in [0.4, 0.5) is 51.2 Å². The standard InChI is InChI=1S/C62H45N3.CH4/c1-4-20-52(21-5-1)63(55-38-30-46(31-39-55)48-34-42-57(43-35-48)64(53-22-6-2-7-23-53)61-28-14-18-50-16-10-12-26-59(50)61)56-40-32-47(33-41-56)49-36-44-58(45-37-49)65(54-24-8-3-9-25-54)62-29-15-19-51-17-11-13-27-60(51)62;/h1-45H;1H4. The summed E-state index contributed by atoms with van der Waals surface area (Å²) < 4.78 is 0. The molecule has 0 atom stereocenters. The van der Waals surface area contributed by atoms with Crippen molar-refractivity contribution in [3.8, 4) is 22.3 Å². The van der Waals surface area contributed by atoms with Crippen molar-refractivity contribution in [1.29, 1.82) is 0 Å². The minimum absolute atomic E-state index is 0. The number of nitrogens with zero attached hydrogens (tertiary/aromatic N) is 3. The molecule has 316 valence electrons. The summed E-state index contributed by atoms with van der Waals surface area (Å²) in [6.45, 7) is 0. The Balaban J connectivity index is 0.00000511. The average Bonchev–Trinajstić information content (AvgIpc) is 3.39. The molecule has 0 saturated heterocycles. The fraction of sp³-hybridized carbons (Fsp3) is 0.0159. The van der Waals surface area contributed by atoms with Crippen molar-refractivity contribution in [2.45, 2.75) is 7.43 Å². The minimum Gasteiger partial charge on any atom is -0.311 e. The number of para-hydroxylation sites is 3. The van der Waals surface area contributed by atoms with Crippen LogP contribution in [0.2, 0.25) is 0 Å². The predicted octanol–water partition coefficient (Wildman–Crippen LogP) is 18.4. The number of hydrogen-bond donors (Lipinski definition) is 0. The molecular formula is C63H49N3. The summed E-state index contributed by atoms with van der Waals surface area (Å²) in [6, 6.07) is 97.7. The van der Waals surface area contributed by atoms with Crippen molar-refractivity contribution in [2.24, 2.45) is 0 Å². The molecule has 0 amide bonds. The topological polar surface area (TPSA) is 9.72 Å². The molecule has 11 rings (SSSR count). The van der Waals surface area contributed by atoms with E-state index < -0.39 is 0 Å². The Hall–Kier alpha value is -8.66. The van der Waals surface area contributed by atoms with E-state index in [9.17, 15) is 0 Å². The molecule has 0 aliphatic rings. The highest BCUT2D eigenvalue weighted by atomic mass is 15.2. The van der Waals surface area contributed by atoms with Crippen molar-refractivity contribution >= 4 is 72.7 Å². The summed E-state index contributed by atoms with van der Waals surface area (Å²) in [6.07, 6.45) is 0. The molecule has 0 aliphatic carbocycles. The van der Waals surface area contributed by atoms with Crippen LogP contribution in [0.5, 0.6) is 0 Å². The quantitative estimate of drug-likeness (QED) is 0.128. The maximum atomic E-state index is 2.35. The first kappa shape index (κ1) is 41.4. The summed E-state index contributed by atoms with van der Waals surface area (Å²) in [5.41, 5.74) is 14.7. The van der Waals surface area contributed by atoms with Gasteiger partial charge in [-0.05, 0) is 130 Å². The molecule has 66 heavy (non-hydrogen) atoms. The first-order valence-corrected chi connectivity index (χ1v) is 22.2. The first-order valence-electron chi connectivity index (χ1n) is 22.2. The van der Waals surface area contributed by atoms with Gasteiger partial charge in [-0.3, -0.25) is 0 Å². The van der Waals surface area contributed by atoms with E-state index in [1.165, 1.54) is 21.5 Å². The van der Waals surface area contributed by atoms with Crippen molar-refractivity contribution < 1.29 is 0 Å². The molecule has 0 aliphatic heterocycles. The van der Waals surface area contributed by atoms with Crippen LogP contribution in [0.1, 0.15) is 7.43 Å². The Kier molecular flexibility index (Phi) is 11.6. The lowest BCUT2D eigenvalue weighted by Gasteiger charge is -2.27. The highest BCUT2D eigenvalue weighted by Crippen LogP contribution is 2.42. The van der Waals surface area contributed by atoms with Crippen molar-refractivity contribution in [1.82, 2.24) is 0 Å². The van der Waals surface area contributed by atoms with Crippen LogP contribution in [0.25, 0.3) is 43.8 Å². The lowest BCUT2D eigenvalue weighted by atomic mass is 10.0. The maximum Gasteiger partial charge on any atom is 0.0540 e. The van der Waals surface area contributed by atoms with Crippen molar-refractivity contribution in [3.05, 3.63) is 273 Å². The molecule has 0 saturated carbocycles. The largest absolute Gasteiger partial charge is 0.311 e. The molecule has 0 unspecified atom stereocenters. The van der Waals surface area contributed by atoms with Gasteiger partial charge in [0.1, 0.15) is 0 Å². The third kappa shape index (κ3) is 8.18. The highest BCUT2D eigenvalue weighted by Gasteiger charge is 2.18. The van der Waals surface area contributed by atoms with Gasteiger partial charge in [-0.1, -0.05) is 183 Å². The molecule has 0 fully saturated rings. The van der Waals surface area contributed by atoms with Gasteiger partial charge in [-0.25, -0.2) is 0 Å². The van der Waals surface area contributed by atoms with Crippen LogP contribution in [-0.4, -0.2) is 0 Å². The van der Waals surface area contributed by atoms with E-state index in [-0.39, 0.29) is 7.43 Å². The first-order chi connectivity index (χ1) is 32.2. The zero-order chi connectivity index (χ0) is 43.4. The van der Waals surface area contributed by atoms with Crippen molar-refractivity contribution in [3.63, 3.8) is 0 Å². The van der Waals surface area contributed by atoms with E-state index >= 15 is 0 Å². The zero-order valence-electron chi connectivity index (χ0n) is 35.8. The van der Waals surface area contributed by atoms with Crippen LogP contribution in [0, 0.1) is 0 Å². The Bertz CT molecular complexity index is 3110. The van der Waals surface area contributed by atoms with E-state index in [0.29, 0.717) is 0 Å². The van der Waals surface area contributed by atoms with Crippen LogP contribution in [0.3, 0.4) is 0 Å². The molecule has 11 aromatic rings. The summed E-state index contributed by atoms with van der Waals surface area (Å²) in [7, 11) is 0. The molecule has 3 heteroatoms. The van der Waals surface area contributed by atoms with E-state index in [0.717, 1.165) is 73.4 Å². The lowest BCUT2D eigenvalue weighted by molar-refractivity contribution is 1.28. The molecule has 11 aromatic carbocycles. The van der Waals surface area contributed by atoms with Gasteiger partial charge in [0.2, 0.25) is 0 Å². The second-order valence-electron chi connectivity index (χ2n) is 16.2. The Labute approximate surface area is 388 Å². The SMILES string of the molecule is C.c1ccc(N(c2ccc(-c3ccc(N(c4ccccc4)c4cccc5ccccc45)cc3)cc2)c2ccc(-c3ccc(N(c4ccccc4)c4cccc5ccccc45)cc3)cc2)cc1. The fourth-order valence-corrected chi connectivity index (χ4v) is 9.05. The van der Waals surface area contributed by atoms with Gasteiger partial charge in [0.15, 0.2) is 0 Å². The zero-order valence-corrected chi connectivity index (χ0v) is 35.8. The van der Waals surface area contributed by atoms with E-state index in [1.807, 2.05) is 0 Å². The smallest absolute Gasteiger partial charge is 0.0540 e. The molecule has 0 heterocycles. The molecule has 0 aromatic heterocycles. The summed E-state index contributed by atoms with van der Waals surface area (Å²) in [5.74, 6) is 0. The second-order valence-corrected chi connectivity index (χ2v) is 16.2. The number of hydrogen-bond acceptors (Lipinski definition) is 3. The van der Waals surface area contributed by atoms with E-state index in [4.69, 9.17) is 0 Å². The summed E-state index contributed by atoms with van der Waals surface area (Å²) in [4.78, 5) is 7.02. The van der Waals surface area contributed by atoms with Crippen LogP contribution in [0.15, 0.2) is 273 Å². The van der Waals surface area contributed by atoms with Gasteiger partial charge in [0, 0.05) is 50.6 Å². The van der Waals surface area contributed by atoms with Gasteiger partial charge < -0.3 is 14.7 Å². The Morgan fingerprint density at radius 2 is 0.424 bits per heavy atom.